The van der Waals surface area contributed by atoms with Crippen molar-refractivity contribution in [1.29, 1.82) is 0 Å². The number of allylic oxidation sites excluding steroid dienone is 1. The molecule has 0 aromatic carbocycles. The Bertz CT molecular complexity index is 166. The fourth-order valence-corrected chi connectivity index (χ4v) is 0.653. The van der Waals surface area contributed by atoms with E-state index in [4.69, 9.17) is 4.55 Å². The first-order chi connectivity index (χ1) is 3.56. The van der Waals surface area contributed by atoms with Gasteiger partial charge in [0, 0.05) is 0 Å². The maximum Gasteiger partial charge on any atom is 0.268 e. The minimum absolute atomic E-state index is 0.288. The van der Waals surface area contributed by atoms with Crippen LogP contribution in [0.2, 0.25) is 0 Å². The van der Waals surface area contributed by atoms with Gasteiger partial charge < -0.3 is 0 Å². The summed E-state index contributed by atoms with van der Waals surface area (Å²) in [6.45, 7) is 1.69. The van der Waals surface area contributed by atoms with E-state index in [1.54, 1.807) is 13.0 Å². The van der Waals surface area contributed by atoms with Crippen LogP contribution < -0.4 is 0 Å². The Morgan fingerprint density at radius 2 is 2.12 bits per heavy atom. The molecule has 0 aromatic rings. The second-order valence-corrected chi connectivity index (χ2v) is 2.81. The zero-order valence-corrected chi connectivity index (χ0v) is 5.35. The lowest BCUT2D eigenvalue weighted by Crippen LogP contribution is -1.99. The van der Waals surface area contributed by atoms with Crippen LogP contribution in [0, 0.1) is 0 Å². The van der Waals surface area contributed by atoms with Crippen LogP contribution in [0.4, 0.5) is 0 Å². The van der Waals surface area contributed by atoms with E-state index in [1.165, 1.54) is 6.08 Å². The maximum absolute atomic E-state index is 9.89. The van der Waals surface area contributed by atoms with Gasteiger partial charge in [0.05, 0.1) is 5.75 Å². The molecule has 0 saturated carbocycles. The summed E-state index contributed by atoms with van der Waals surface area (Å²) in [4.78, 5) is 0. The minimum atomic E-state index is -3.77. The standard InChI is InChI=1S/C4H8O3S/c1-2-3-4-8(5,6)7/h2-3H,4H2,1H3,(H,5,6,7)/b3-2-. The van der Waals surface area contributed by atoms with Crippen molar-refractivity contribution in [3.8, 4) is 0 Å². The Hall–Kier alpha value is -0.350. The van der Waals surface area contributed by atoms with Crippen LogP contribution in [-0.2, 0) is 10.1 Å². The highest BCUT2D eigenvalue weighted by Gasteiger charge is 1.96. The summed E-state index contributed by atoms with van der Waals surface area (Å²) >= 11 is 0. The zero-order valence-electron chi connectivity index (χ0n) is 4.53. The van der Waals surface area contributed by atoms with Gasteiger partial charge in [-0.15, -0.1) is 0 Å². The molecule has 0 bridgehead atoms. The first kappa shape index (κ1) is 7.65. The predicted molar refractivity (Wildman–Crippen MR) is 31.2 cm³/mol. The van der Waals surface area contributed by atoms with E-state index < -0.39 is 10.1 Å². The van der Waals surface area contributed by atoms with Gasteiger partial charge in [-0.1, -0.05) is 12.2 Å². The quantitative estimate of drug-likeness (QED) is 0.443. The van der Waals surface area contributed by atoms with Crippen molar-refractivity contribution in [2.75, 3.05) is 5.75 Å². The number of rotatable bonds is 2. The molecule has 0 heterocycles. The first-order valence-electron chi connectivity index (χ1n) is 2.12. The maximum atomic E-state index is 9.89. The second kappa shape index (κ2) is 2.84. The Kier molecular flexibility index (Phi) is 2.71. The third-order valence-electron chi connectivity index (χ3n) is 0.543. The molecule has 0 rings (SSSR count). The fourth-order valence-electron chi connectivity index (χ4n) is 0.218. The summed E-state index contributed by atoms with van der Waals surface area (Å²) in [5, 5.41) is 0. The van der Waals surface area contributed by atoms with E-state index in [2.05, 4.69) is 0 Å². The van der Waals surface area contributed by atoms with Crippen LogP contribution in [0.3, 0.4) is 0 Å². The molecular formula is C4H8O3S. The van der Waals surface area contributed by atoms with Crippen LogP contribution in [0.5, 0.6) is 0 Å². The van der Waals surface area contributed by atoms with E-state index in [9.17, 15) is 8.42 Å². The van der Waals surface area contributed by atoms with Gasteiger partial charge in [-0.3, -0.25) is 4.55 Å². The van der Waals surface area contributed by atoms with Crippen LogP contribution in [0.15, 0.2) is 12.2 Å². The lowest BCUT2D eigenvalue weighted by molar-refractivity contribution is 0.486. The minimum Gasteiger partial charge on any atom is -0.285 e. The average Bonchev–Trinajstić information content (AvgIpc) is 1.59. The molecular weight excluding hydrogens is 128 g/mol. The zero-order chi connectivity index (χ0) is 6.62. The van der Waals surface area contributed by atoms with Crippen LogP contribution >= 0.6 is 0 Å². The van der Waals surface area contributed by atoms with Gasteiger partial charge in [-0.25, -0.2) is 0 Å². The SMILES string of the molecule is C/C=C\CS(=O)(=O)O. The highest BCUT2D eigenvalue weighted by atomic mass is 32.2. The lowest BCUT2D eigenvalue weighted by Gasteiger charge is -1.83. The largest absolute Gasteiger partial charge is 0.285 e. The van der Waals surface area contributed by atoms with Gasteiger partial charge in [0.1, 0.15) is 0 Å². The highest BCUT2D eigenvalue weighted by Crippen LogP contribution is 1.81. The number of hydrogen-bond donors (Lipinski definition) is 1. The fraction of sp³-hybridized carbons (Fsp3) is 0.500. The van der Waals surface area contributed by atoms with Crippen molar-refractivity contribution in [3.05, 3.63) is 12.2 Å². The lowest BCUT2D eigenvalue weighted by atomic mass is 10.6. The molecule has 0 radical (unpaired) electrons. The smallest absolute Gasteiger partial charge is 0.268 e. The van der Waals surface area contributed by atoms with Crippen molar-refractivity contribution < 1.29 is 13.0 Å². The Balaban J connectivity index is 3.76. The van der Waals surface area contributed by atoms with Crippen molar-refractivity contribution in [2.24, 2.45) is 0 Å². The second-order valence-electron chi connectivity index (χ2n) is 1.32. The van der Waals surface area contributed by atoms with Crippen molar-refractivity contribution in [1.82, 2.24) is 0 Å². The molecule has 0 spiro atoms. The average molecular weight is 136 g/mol. The van der Waals surface area contributed by atoms with Gasteiger partial charge in [-0.2, -0.15) is 8.42 Å². The summed E-state index contributed by atoms with van der Waals surface area (Å²) in [5.41, 5.74) is 0. The monoisotopic (exact) mass is 136 g/mol. The summed E-state index contributed by atoms with van der Waals surface area (Å²) in [5.74, 6) is -0.288. The molecule has 0 saturated heterocycles. The van der Waals surface area contributed by atoms with Gasteiger partial charge in [-0.05, 0) is 6.92 Å². The van der Waals surface area contributed by atoms with Crippen LogP contribution in [0.25, 0.3) is 0 Å². The molecule has 0 aliphatic heterocycles. The molecule has 0 atom stereocenters. The van der Waals surface area contributed by atoms with E-state index in [1.807, 2.05) is 0 Å². The summed E-state index contributed by atoms with van der Waals surface area (Å²) in [7, 11) is -3.77. The molecule has 0 aromatic heterocycles. The van der Waals surface area contributed by atoms with E-state index in [0.717, 1.165) is 0 Å². The van der Waals surface area contributed by atoms with Crippen LogP contribution in [-0.4, -0.2) is 18.7 Å². The van der Waals surface area contributed by atoms with E-state index >= 15 is 0 Å². The molecule has 8 heavy (non-hydrogen) atoms. The van der Waals surface area contributed by atoms with Gasteiger partial charge in [0.25, 0.3) is 10.1 Å². The first-order valence-corrected chi connectivity index (χ1v) is 3.73. The summed E-state index contributed by atoms with van der Waals surface area (Å²) in [6, 6.07) is 0. The van der Waals surface area contributed by atoms with Gasteiger partial charge in [0.2, 0.25) is 0 Å². The van der Waals surface area contributed by atoms with Gasteiger partial charge in [0.15, 0.2) is 0 Å². The molecule has 0 fully saturated rings. The molecule has 1 N–H and O–H groups in total. The molecule has 4 heteroatoms. The third-order valence-corrected chi connectivity index (χ3v) is 1.16. The molecule has 3 nitrogen and oxygen atoms in total. The topological polar surface area (TPSA) is 54.4 Å². The summed E-state index contributed by atoms with van der Waals surface area (Å²) in [6.07, 6.45) is 2.93. The number of hydrogen-bond acceptors (Lipinski definition) is 2. The molecule has 48 valence electrons. The Morgan fingerprint density at radius 3 is 2.25 bits per heavy atom. The van der Waals surface area contributed by atoms with E-state index in [0.29, 0.717) is 0 Å². The Labute approximate surface area is 48.8 Å². The molecule has 0 unspecified atom stereocenters. The summed E-state index contributed by atoms with van der Waals surface area (Å²) < 4.78 is 27.9. The van der Waals surface area contributed by atoms with Crippen molar-refractivity contribution >= 4 is 10.1 Å². The van der Waals surface area contributed by atoms with Gasteiger partial charge >= 0.3 is 0 Å². The molecule has 0 aliphatic rings. The highest BCUT2D eigenvalue weighted by molar-refractivity contribution is 7.85. The van der Waals surface area contributed by atoms with Crippen molar-refractivity contribution in [2.45, 2.75) is 6.92 Å². The van der Waals surface area contributed by atoms with Crippen molar-refractivity contribution in [3.63, 3.8) is 0 Å². The molecule has 0 amide bonds. The van der Waals surface area contributed by atoms with E-state index in [-0.39, 0.29) is 5.75 Å². The molecule has 0 aliphatic carbocycles. The third kappa shape index (κ3) is 5.65. The Morgan fingerprint density at radius 1 is 1.62 bits per heavy atom. The van der Waals surface area contributed by atoms with Crippen LogP contribution in [0.1, 0.15) is 6.92 Å². The predicted octanol–water partition coefficient (Wildman–Crippen LogP) is 0.450. The normalized spacial score (nSPS) is 12.8.